The number of nitrogens with zero attached hydrogens (tertiary/aromatic N) is 4. The predicted octanol–water partition coefficient (Wildman–Crippen LogP) is 3.34. The fraction of sp³-hybridized carbons (Fsp3) is 0.407. The van der Waals surface area contributed by atoms with Crippen LogP contribution in [-0.2, 0) is 7.05 Å². The van der Waals surface area contributed by atoms with Crippen LogP contribution < -0.4 is 25.7 Å². The first-order valence-electron chi connectivity index (χ1n) is 12.4. The van der Waals surface area contributed by atoms with E-state index < -0.39 is 0 Å². The van der Waals surface area contributed by atoms with Gasteiger partial charge >= 0.3 is 0 Å². The van der Waals surface area contributed by atoms with Gasteiger partial charge in [-0.2, -0.15) is 0 Å². The number of likely N-dealkylation sites (tertiary alicyclic amines) is 1. The highest BCUT2D eigenvalue weighted by Gasteiger charge is 2.21. The molecule has 0 bridgehead atoms. The van der Waals surface area contributed by atoms with E-state index in [2.05, 4.69) is 32.4 Å². The number of aromatic nitrogens is 3. The second kappa shape index (κ2) is 11.4. The van der Waals surface area contributed by atoms with E-state index in [1.807, 2.05) is 13.0 Å². The number of hydrogen-bond donors (Lipinski definition) is 2. The number of carbonyl (C=O) groups excluding carboxylic acids is 1. The van der Waals surface area contributed by atoms with Crippen LogP contribution in [0.5, 0.6) is 11.5 Å². The van der Waals surface area contributed by atoms with Gasteiger partial charge in [-0.3, -0.25) is 9.59 Å². The van der Waals surface area contributed by atoms with E-state index in [0.717, 1.165) is 32.5 Å². The summed E-state index contributed by atoms with van der Waals surface area (Å²) in [6.07, 6.45) is 7.10. The zero-order valence-electron chi connectivity index (χ0n) is 22.0. The molecule has 4 rings (SSSR count). The number of aryl methyl sites for hydroxylation is 1. The number of benzene rings is 1. The van der Waals surface area contributed by atoms with Crippen LogP contribution in [0.25, 0.3) is 17.1 Å². The number of fused-ring (bicyclic) bond motifs is 1. The summed E-state index contributed by atoms with van der Waals surface area (Å²) in [5.74, 6) is 0.901. The molecule has 37 heavy (non-hydrogen) atoms. The number of carbonyl (C=O) groups is 1. The van der Waals surface area contributed by atoms with Crippen molar-refractivity contribution in [3.05, 3.63) is 52.0 Å². The molecule has 1 aliphatic rings. The van der Waals surface area contributed by atoms with Gasteiger partial charge in [0.25, 0.3) is 11.5 Å². The maximum absolute atomic E-state index is 12.9. The Labute approximate surface area is 216 Å². The quantitative estimate of drug-likeness (QED) is 0.479. The van der Waals surface area contributed by atoms with E-state index in [1.54, 1.807) is 44.6 Å². The van der Waals surface area contributed by atoms with Gasteiger partial charge in [-0.05, 0) is 44.5 Å². The Kier molecular flexibility index (Phi) is 8.08. The Morgan fingerprint density at radius 1 is 1.22 bits per heavy atom. The van der Waals surface area contributed by atoms with Gasteiger partial charge in [0.05, 0.1) is 37.2 Å². The molecule has 0 aliphatic carbocycles. The van der Waals surface area contributed by atoms with Gasteiger partial charge in [-0.15, -0.1) is 0 Å². The summed E-state index contributed by atoms with van der Waals surface area (Å²) in [6.45, 7) is 7.05. The van der Waals surface area contributed by atoms with Gasteiger partial charge in [-0.25, -0.2) is 9.97 Å². The lowest BCUT2D eigenvalue weighted by atomic mass is 10.0. The van der Waals surface area contributed by atoms with Crippen molar-refractivity contribution >= 4 is 34.7 Å². The Balaban J connectivity index is 1.59. The second-order valence-electron chi connectivity index (χ2n) is 8.96. The molecule has 0 atom stereocenters. The molecule has 1 saturated heterocycles. The van der Waals surface area contributed by atoms with Crippen molar-refractivity contribution in [2.75, 3.05) is 39.2 Å². The van der Waals surface area contributed by atoms with Crippen LogP contribution in [0.2, 0.25) is 0 Å². The van der Waals surface area contributed by atoms with Gasteiger partial charge in [0.1, 0.15) is 11.3 Å². The number of ether oxygens (including phenoxy) is 2. The van der Waals surface area contributed by atoms with Gasteiger partial charge in [0, 0.05) is 31.7 Å². The summed E-state index contributed by atoms with van der Waals surface area (Å²) in [6, 6.07) is 5.40. The minimum absolute atomic E-state index is 0.120. The SMILES string of the molecule is CC=Cc1c(OC)c(=O)n(C)c2cnc(Nc3ccc(C(=O)NC4CCN(CC)CC4)cc3OC)nc12. The zero-order chi connectivity index (χ0) is 26.5. The second-order valence-corrected chi connectivity index (χ2v) is 8.96. The lowest BCUT2D eigenvalue weighted by Gasteiger charge is -2.31. The molecule has 196 valence electrons. The van der Waals surface area contributed by atoms with Crippen molar-refractivity contribution in [2.45, 2.75) is 32.7 Å². The summed E-state index contributed by atoms with van der Waals surface area (Å²) >= 11 is 0. The van der Waals surface area contributed by atoms with Gasteiger partial charge in [0.2, 0.25) is 5.95 Å². The Morgan fingerprint density at radius 3 is 2.62 bits per heavy atom. The van der Waals surface area contributed by atoms with Crippen molar-refractivity contribution in [2.24, 2.45) is 7.05 Å². The normalized spacial score (nSPS) is 14.7. The number of anilines is 2. The number of piperidine rings is 1. The minimum Gasteiger partial charge on any atom is -0.495 e. The van der Waals surface area contributed by atoms with Crippen LogP contribution in [-0.4, -0.2) is 65.2 Å². The molecule has 0 unspecified atom stereocenters. The smallest absolute Gasteiger partial charge is 0.293 e. The molecule has 1 aromatic carbocycles. The molecular formula is C27H34N6O4. The van der Waals surface area contributed by atoms with Gasteiger partial charge < -0.3 is 29.6 Å². The van der Waals surface area contributed by atoms with Crippen LogP contribution >= 0.6 is 0 Å². The van der Waals surface area contributed by atoms with Crippen molar-refractivity contribution in [1.82, 2.24) is 24.8 Å². The van der Waals surface area contributed by atoms with Crippen LogP contribution in [0, 0.1) is 0 Å². The first-order valence-corrected chi connectivity index (χ1v) is 12.4. The number of rotatable bonds is 8. The minimum atomic E-state index is -0.265. The molecule has 1 fully saturated rings. The number of amides is 1. The molecule has 10 heteroatoms. The largest absolute Gasteiger partial charge is 0.495 e. The van der Waals surface area contributed by atoms with Gasteiger partial charge in [-0.1, -0.05) is 19.1 Å². The van der Waals surface area contributed by atoms with E-state index in [-0.39, 0.29) is 23.3 Å². The Hall–Kier alpha value is -3.92. The van der Waals surface area contributed by atoms with Crippen LogP contribution in [0.4, 0.5) is 11.6 Å². The van der Waals surface area contributed by atoms with Gasteiger partial charge in [0.15, 0.2) is 5.75 Å². The average molecular weight is 507 g/mol. The standard InChI is InChI=1S/C27H34N6O4/c1-6-8-19-23-21(32(3)26(35)24(19)37-5)16-28-27(31-23)30-20-10-9-17(15-22(20)36-4)25(34)29-18-11-13-33(7-2)14-12-18/h6,8-10,15-16,18H,7,11-14H2,1-5H3,(H,29,34)(H,28,30,31). The number of hydrogen-bond acceptors (Lipinski definition) is 8. The van der Waals surface area contributed by atoms with E-state index in [4.69, 9.17) is 9.47 Å². The number of allylic oxidation sites excluding steroid dienone is 1. The van der Waals surface area contributed by atoms with E-state index in [9.17, 15) is 9.59 Å². The molecular weight excluding hydrogens is 472 g/mol. The average Bonchev–Trinajstić information content (AvgIpc) is 2.92. The molecule has 0 spiro atoms. The highest BCUT2D eigenvalue weighted by Crippen LogP contribution is 2.30. The number of pyridine rings is 1. The molecule has 2 N–H and O–H groups in total. The number of nitrogens with one attached hydrogen (secondary N) is 2. The Morgan fingerprint density at radius 2 is 1.97 bits per heavy atom. The third-order valence-corrected chi connectivity index (χ3v) is 6.75. The topological polar surface area (TPSA) is 111 Å². The fourth-order valence-electron chi connectivity index (χ4n) is 4.60. The first kappa shape index (κ1) is 26.2. The van der Waals surface area contributed by atoms with Crippen molar-refractivity contribution < 1.29 is 14.3 Å². The molecule has 2 aromatic heterocycles. The van der Waals surface area contributed by atoms with Crippen LogP contribution in [0.3, 0.4) is 0 Å². The molecule has 0 radical (unpaired) electrons. The maximum Gasteiger partial charge on any atom is 0.293 e. The van der Waals surface area contributed by atoms with Crippen molar-refractivity contribution in [3.8, 4) is 11.5 Å². The fourth-order valence-corrected chi connectivity index (χ4v) is 4.60. The molecule has 1 aliphatic heterocycles. The van der Waals surface area contributed by atoms with Crippen LogP contribution in [0.15, 0.2) is 35.3 Å². The van der Waals surface area contributed by atoms with E-state index in [1.165, 1.54) is 11.7 Å². The van der Waals surface area contributed by atoms with E-state index >= 15 is 0 Å². The summed E-state index contributed by atoms with van der Waals surface area (Å²) in [5.41, 5.74) is 2.59. The highest BCUT2D eigenvalue weighted by molar-refractivity contribution is 5.95. The Bertz CT molecular complexity index is 1380. The van der Waals surface area contributed by atoms with Crippen molar-refractivity contribution in [3.63, 3.8) is 0 Å². The first-order chi connectivity index (χ1) is 17.9. The summed E-state index contributed by atoms with van der Waals surface area (Å²) in [4.78, 5) is 37.0. The molecule has 1 amide bonds. The monoisotopic (exact) mass is 506 g/mol. The van der Waals surface area contributed by atoms with Crippen LogP contribution in [0.1, 0.15) is 42.6 Å². The zero-order valence-corrected chi connectivity index (χ0v) is 22.0. The van der Waals surface area contributed by atoms with E-state index in [0.29, 0.717) is 39.5 Å². The van der Waals surface area contributed by atoms with Crippen molar-refractivity contribution in [1.29, 1.82) is 0 Å². The third kappa shape index (κ3) is 5.43. The predicted molar refractivity (Wildman–Crippen MR) is 145 cm³/mol. The summed E-state index contributed by atoms with van der Waals surface area (Å²) in [5, 5.41) is 6.33. The maximum atomic E-state index is 12.9. The molecule has 10 nitrogen and oxygen atoms in total. The lowest BCUT2D eigenvalue weighted by Crippen LogP contribution is -2.44. The molecule has 3 heterocycles. The third-order valence-electron chi connectivity index (χ3n) is 6.75. The highest BCUT2D eigenvalue weighted by atomic mass is 16.5. The molecule has 0 saturated carbocycles. The summed E-state index contributed by atoms with van der Waals surface area (Å²) < 4.78 is 12.4. The number of methoxy groups -OCH3 is 2. The summed E-state index contributed by atoms with van der Waals surface area (Å²) in [7, 11) is 4.67. The molecule has 3 aromatic rings. The lowest BCUT2D eigenvalue weighted by molar-refractivity contribution is 0.0912.